The summed E-state index contributed by atoms with van der Waals surface area (Å²) in [4.78, 5) is 11.4. The zero-order chi connectivity index (χ0) is 17.5. The van der Waals surface area contributed by atoms with Crippen LogP contribution in [-0.4, -0.2) is 37.1 Å². The Bertz CT molecular complexity index is 674. The smallest absolute Gasteiger partial charge is 0.191 e. The number of benzene rings is 1. The molecule has 1 aliphatic rings. The summed E-state index contributed by atoms with van der Waals surface area (Å²) in [5, 5.41) is 10.2. The van der Waals surface area contributed by atoms with Crippen LogP contribution in [0.1, 0.15) is 30.5 Å². The van der Waals surface area contributed by atoms with Gasteiger partial charge in [-0.15, -0.1) is 11.3 Å². The molecule has 25 heavy (non-hydrogen) atoms. The number of nitrogens with zero attached hydrogens (tertiary/aromatic N) is 3. The van der Waals surface area contributed by atoms with E-state index < -0.39 is 0 Å². The monoisotopic (exact) mass is 357 g/mol. The van der Waals surface area contributed by atoms with Gasteiger partial charge in [0.15, 0.2) is 5.96 Å². The lowest BCUT2D eigenvalue weighted by Crippen LogP contribution is -2.48. The van der Waals surface area contributed by atoms with Gasteiger partial charge in [-0.1, -0.05) is 25.1 Å². The molecule has 1 fully saturated rings. The molecule has 0 spiro atoms. The minimum atomic E-state index is 0.466. The molecule has 0 bridgehead atoms. The van der Waals surface area contributed by atoms with Gasteiger partial charge in [-0.2, -0.15) is 0 Å². The van der Waals surface area contributed by atoms with Crippen molar-refractivity contribution in [3.63, 3.8) is 0 Å². The maximum Gasteiger partial charge on any atom is 0.191 e. The summed E-state index contributed by atoms with van der Waals surface area (Å²) in [7, 11) is 1.83. The number of aromatic nitrogens is 1. The first kappa shape index (κ1) is 17.7. The number of hydrogen-bond acceptors (Lipinski definition) is 4. The van der Waals surface area contributed by atoms with E-state index in [1.165, 1.54) is 10.7 Å². The van der Waals surface area contributed by atoms with E-state index in [2.05, 4.69) is 68.1 Å². The Morgan fingerprint density at radius 3 is 2.68 bits per heavy atom. The molecule has 134 valence electrons. The number of nitrogens with one attached hydrogen (secondary N) is 2. The summed E-state index contributed by atoms with van der Waals surface area (Å²) in [6.45, 7) is 5.01. The van der Waals surface area contributed by atoms with Gasteiger partial charge in [0.05, 0.1) is 17.2 Å². The fraction of sp³-hybridized carbons (Fsp3) is 0.474. The normalized spacial score (nSPS) is 16.1. The Hall–Kier alpha value is -2.08. The number of rotatable bonds is 5. The highest BCUT2D eigenvalue weighted by molar-refractivity contribution is 7.09. The molecule has 1 aromatic carbocycles. The molecular weight excluding hydrogens is 330 g/mol. The van der Waals surface area contributed by atoms with Crippen molar-refractivity contribution in [2.75, 3.05) is 25.0 Å². The summed E-state index contributed by atoms with van der Waals surface area (Å²) < 4.78 is 0. The van der Waals surface area contributed by atoms with Crippen molar-refractivity contribution in [1.82, 2.24) is 15.6 Å². The van der Waals surface area contributed by atoms with E-state index in [1.807, 2.05) is 7.05 Å². The van der Waals surface area contributed by atoms with Crippen LogP contribution in [0.4, 0.5) is 5.69 Å². The lowest BCUT2D eigenvalue weighted by Gasteiger charge is -2.34. The molecule has 0 atom stereocenters. The van der Waals surface area contributed by atoms with Crippen LogP contribution in [-0.2, 0) is 13.0 Å². The molecular formula is C19H27N5S. The number of aryl methyl sites for hydroxylation is 1. The van der Waals surface area contributed by atoms with Crippen LogP contribution < -0.4 is 15.5 Å². The van der Waals surface area contributed by atoms with E-state index >= 15 is 0 Å². The molecule has 0 radical (unpaired) electrons. The molecule has 0 saturated carbocycles. The van der Waals surface area contributed by atoms with Crippen molar-refractivity contribution in [3.8, 4) is 0 Å². The number of piperidine rings is 1. The molecule has 1 saturated heterocycles. The summed E-state index contributed by atoms with van der Waals surface area (Å²) in [5.41, 5.74) is 2.41. The number of guanidine groups is 1. The third kappa shape index (κ3) is 4.95. The van der Waals surface area contributed by atoms with Crippen LogP contribution >= 0.6 is 11.3 Å². The van der Waals surface area contributed by atoms with Gasteiger partial charge in [0.2, 0.25) is 0 Å². The van der Waals surface area contributed by atoms with Crippen molar-refractivity contribution < 1.29 is 0 Å². The Balaban J connectivity index is 1.45. The zero-order valence-electron chi connectivity index (χ0n) is 15.0. The van der Waals surface area contributed by atoms with Crippen LogP contribution in [0.15, 0.2) is 40.7 Å². The number of anilines is 1. The van der Waals surface area contributed by atoms with Gasteiger partial charge in [0.25, 0.3) is 0 Å². The number of hydrogen-bond donors (Lipinski definition) is 2. The molecule has 2 heterocycles. The second-order valence-electron chi connectivity index (χ2n) is 6.25. The lowest BCUT2D eigenvalue weighted by atomic mass is 10.0. The van der Waals surface area contributed by atoms with Crippen molar-refractivity contribution in [1.29, 1.82) is 0 Å². The highest BCUT2D eigenvalue weighted by Gasteiger charge is 2.20. The Labute approximate surface area is 154 Å². The quantitative estimate of drug-likeness (QED) is 0.638. The molecule has 5 nitrogen and oxygen atoms in total. The highest BCUT2D eigenvalue weighted by Crippen LogP contribution is 2.19. The second kappa shape index (κ2) is 8.85. The maximum atomic E-state index is 4.59. The Morgan fingerprint density at radius 1 is 1.28 bits per heavy atom. The molecule has 2 aromatic rings. The van der Waals surface area contributed by atoms with Gasteiger partial charge in [-0.25, -0.2) is 4.98 Å². The fourth-order valence-corrected chi connectivity index (χ4v) is 3.82. The fourth-order valence-electron chi connectivity index (χ4n) is 3.08. The number of thiazole rings is 1. The minimum absolute atomic E-state index is 0.466. The maximum absolute atomic E-state index is 4.59. The largest absolute Gasteiger partial charge is 0.371 e. The third-order valence-corrected chi connectivity index (χ3v) is 5.56. The molecule has 0 amide bonds. The Kier molecular flexibility index (Phi) is 6.28. The molecule has 0 unspecified atom stereocenters. The van der Waals surface area contributed by atoms with Crippen molar-refractivity contribution in [2.24, 2.45) is 4.99 Å². The first-order valence-electron chi connectivity index (χ1n) is 8.99. The SMILES string of the molecule is CCc1nc(CNC(=NC)NC2CCN(c3ccccc3)CC2)cs1. The third-order valence-electron chi connectivity index (χ3n) is 4.52. The van der Waals surface area contributed by atoms with E-state index in [9.17, 15) is 0 Å². The van der Waals surface area contributed by atoms with Crippen LogP contribution in [0.5, 0.6) is 0 Å². The predicted octanol–water partition coefficient (Wildman–Crippen LogP) is 3.04. The van der Waals surface area contributed by atoms with Gasteiger partial charge < -0.3 is 15.5 Å². The van der Waals surface area contributed by atoms with Gasteiger partial charge >= 0.3 is 0 Å². The van der Waals surface area contributed by atoms with E-state index in [0.29, 0.717) is 6.04 Å². The van der Waals surface area contributed by atoms with Crippen molar-refractivity contribution in [3.05, 3.63) is 46.4 Å². The highest BCUT2D eigenvalue weighted by atomic mass is 32.1. The van der Waals surface area contributed by atoms with E-state index in [1.54, 1.807) is 11.3 Å². The van der Waals surface area contributed by atoms with Crippen LogP contribution in [0.2, 0.25) is 0 Å². The van der Waals surface area contributed by atoms with Crippen LogP contribution in [0.25, 0.3) is 0 Å². The predicted molar refractivity (Wildman–Crippen MR) is 107 cm³/mol. The number of para-hydroxylation sites is 1. The molecule has 2 N–H and O–H groups in total. The first-order valence-corrected chi connectivity index (χ1v) is 9.87. The van der Waals surface area contributed by atoms with E-state index in [0.717, 1.165) is 50.6 Å². The minimum Gasteiger partial charge on any atom is -0.371 e. The van der Waals surface area contributed by atoms with Gasteiger partial charge in [0, 0.05) is 37.2 Å². The standard InChI is InChI=1S/C19H27N5S/c1-3-18-22-16(14-25-18)13-21-19(20-2)23-15-9-11-24(12-10-15)17-7-5-4-6-8-17/h4-8,14-15H,3,9-13H2,1-2H3,(H2,20,21,23). The second-order valence-corrected chi connectivity index (χ2v) is 7.20. The first-order chi connectivity index (χ1) is 12.3. The van der Waals surface area contributed by atoms with Crippen LogP contribution in [0, 0.1) is 0 Å². The molecule has 3 rings (SSSR count). The van der Waals surface area contributed by atoms with Gasteiger partial charge in [0.1, 0.15) is 0 Å². The molecule has 1 aliphatic heterocycles. The Morgan fingerprint density at radius 2 is 2.04 bits per heavy atom. The summed E-state index contributed by atoms with van der Waals surface area (Å²) in [6, 6.07) is 11.1. The van der Waals surface area contributed by atoms with Crippen molar-refractivity contribution >= 4 is 23.0 Å². The molecule has 6 heteroatoms. The van der Waals surface area contributed by atoms with Gasteiger partial charge in [-0.3, -0.25) is 4.99 Å². The van der Waals surface area contributed by atoms with E-state index in [4.69, 9.17) is 0 Å². The average molecular weight is 358 g/mol. The summed E-state index contributed by atoms with van der Waals surface area (Å²) >= 11 is 1.73. The van der Waals surface area contributed by atoms with Gasteiger partial charge in [-0.05, 0) is 31.4 Å². The summed E-state index contributed by atoms with van der Waals surface area (Å²) in [6.07, 6.45) is 3.23. The topological polar surface area (TPSA) is 52.6 Å². The van der Waals surface area contributed by atoms with E-state index in [-0.39, 0.29) is 0 Å². The average Bonchev–Trinajstić information content (AvgIpc) is 3.14. The zero-order valence-corrected chi connectivity index (χ0v) is 15.9. The number of aliphatic imine (C=N–C) groups is 1. The molecule has 1 aromatic heterocycles. The van der Waals surface area contributed by atoms with Crippen molar-refractivity contribution in [2.45, 2.75) is 38.8 Å². The van der Waals surface area contributed by atoms with Crippen LogP contribution in [0.3, 0.4) is 0 Å². The summed E-state index contributed by atoms with van der Waals surface area (Å²) in [5.74, 6) is 0.865. The lowest BCUT2D eigenvalue weighted by molar-refractivity contribution is 0.461. The molecule has 0 aliphatic carbocycles.